The van der Waals surface area contributed by atoms with E-state index in [1.165, 1.54) is 11.1 Å². The molecule has 2 amide bonds. The van der Waals surface area contributed by atoms with Crippen molar-refractivity contribution in [2.75, 3.05) is 32.7 Å². The molecule has 0 aromatic heterocycles. The van der Waals surface area contributed by atoms with Crippen LogP contribution < -0.4 is 10.1 Å². The van der Waals surface area contributed by atoms with E-state index in [0.29, 0.717) is 0 Å². The van der Waals surface area contributed by atoms with E-state index < -0.39 is 0 Å². The van der Waals surface area contributed by atoms with Crippen LogP contribution in [-0.4, -0.2) is 54.7 Å². The number of carbonyl (C=O) groups is 1. The van der Waals surface area contributed by atoms with Gasteiger partial charge in [0.05, 0.1) is 0 Å². The third-order valence-corrected chi connectivity index (χ3v) is 5.78. The number of hydrogen-bond acceptors (Lipinski definition) is 3. The molecule has 2 aromatic rings. The minimum Gasteiger partial charge on any atom is -0.489 e. The molecule has 29 heavy (non-hydrogen) atoms. The van der Waals surface area contributed by atoms with Crippen molar-refractivity contribution in [1.29, 1.82) is 0 Å². The van der Waals surface area contributed by atoms with Crippen LogP contribution in [0.25, 0.3) is 0 Å². The summed E-state index contributed by atoms with van der Waals surface area (Å²) >= 11 is 0. The van der Waals surface area contributed by atoms with Crippen molar-refractivity contribution in [3.63, 3.8) is 0 Å². The summed E-state index contributed by atoms with van der Waals surface area (Å²) in [6.45, 7) is 5.26. The Morgan fingerprint density at radius 3 is 2.79 bits per heavy atom. The van der Waals surface area contributed by atoms with E-state index in [9.17, 15) is 4.79 Å². The monoisotopic (exact) mass is 393 g/mol. The summed E-state index contributed by atoms with van der Waals surface area (Å²) in [6, 6.07) is 19.1. The topological polar surface area (TPSA) is 44.8 Å². The van der Waals surface area contributed by atoms with Gasteiger partial charge in [-0.05, 0) is 42.9 Å². The predicted octanol–water partition coefficient (Wildman–Crippen LogP) is 3.69. The number of rotatable bonds is 8. The van der Waals surface area contributed by atoms with Gasteiger partial charge in [-0.25, -0.2) is 4.79 Å². The lowest BCUT2D eigenvalue weighted by Gasteiger charge is -2.32. The van der Waals surface area contributed by atoms with E-state index >= 15 is 0 Å². The molecule has 2 aliphatic rings. The molecule has 154 valence electrons. The Hall–Kier alpha value is -2.53. The fourth-order valence-corrected chi connectivity index (χ4v) is 4.25. The highest BCUT2D eigenvalue weighted by molar-refractivity contribution is 5.74. The van der Waals surface area contributed by atoms with Crippen LogP contribution in [0.3, 0.4) is 0 Å². The first kappa shape index (κ1) is 19.8. The molecule has 0 aliphatic carbocycles. The number of amides is 2. The Morgan fingerprint density at radius 2 is 1.93 bits per heavy atom. The van der Waals surface area contributed by atoms with Crippen LogP contribution in [-0.2, 0) is 13.0 Å². The van der Waals surface area contributed by atoms with Gasteiger partial charge >= 0.3 is 6.03 Å². The van der Waals surface area contributed by atoms with Gasteiger partial charge in [0.1, 0.15) is 11.9 Å². The van der Waals surface area contributed by atoms with Crippen molar-refractivity contribution >= 4 is 6.03 Å². The highest BCUT2D eigenvalue weighted by atomic mass is 16.5. The van der Waals surface area contributed by atoms with Gasteiger partial charge in [0.25, 0.3) is 0 Å². The largest absolute Gasteiger partial charge is 0.489 e. The van der Waals surface area contributed by atoms with Crippen LogP contribution >= 0.6 is 0 Å². The van der Waals surface area contributed by atoms with E-state index in [4.69, 9.17) is 4.74 Å². The maximum atomic E-state index is 12.0. The number of aryl methyl sites for hydroxylation is 1. The van der Waals surface area contributed by atoms with E-state index in [0.717, 1.165) is 70.7 Å². The number of fused-ring (bicyclic) bond motifs is 1. The fourth-order valence-electron chi connectivity index (χ4n) is 4.25. The molecule has 1 atom stereocenters. The molecule has 2 aliphatic heterocycles. The Labute approximate surface area is 173 Å². The second-order valence-corrected chi connectivity index (χ2v) is 8.03. The molecule has 0 bridgehead atoms. The van der Waals surface area contributed by atoms with E-state index in [1.807, 2.05) is 11.0 Å². The Kier molecular flexibility index (Phi) is 6.67. The average molecular weight is 394 g/mol. The van der Waals surface area contributed by atoms with Crippen molar-refractivity contribution in [1.82, 2.24) is 15.1 Å². The molecule has 1 saturated heterocycles. The number of urea groups is 1. The summed E-state index contributed by atoms with van der Waals surface area (Å²) in [5, 5.41) is 2.94. The zero-order valence-electron chi connectivity index (χ0n) is 17.1. The summed E-state index contributed by atoms with van der Waals surface area (Å²) in [4.78, 5) is 16.4. The van der Waals surface area contributed by atoms with Crippen LogP contribution in [0.2, 0.25) is 0 Å². The third kappa shape index (κ3) is 5.51. The molecular formula is C24H31N3O2. The first-order valence-corrected chi connectivity index (χ1v) is 10.8. The zero-order valence-corrected chi connectivity index (χ0v) is 17.1. The summed E-state index contributed by atoms with van der Waals surface area (Å²) in [5.41, 5.74) is 2.63. The molecule has 0 radical (unpaired) electrons. The minimum atomic E-state index is 0.0816. The second-order valence-electron chi connectivity index (χ2n) is 8.03. The molecule has 2 heterocycles. The summed E-state index contributed by atoms with van der Waals surface area (Å²) in [7, 11) is 0. The number of carbonyl (C=O) groups excluding carboxylic acids is 1. The molecule has 4 rings (SSSR count). The highest BCUT2D eigenvalue weighted by Crippen LogP contribution is 2.27. The smallest absolute Gasteiger partial charge is 0.317 e. The molecule has 0 saturated carbocycles. The predicted molar refractivity (Wildman–Crippen MR) is 115 cm³/mol. The summed E-state index contributed by atoms with van der Waals surface area (Å²) in [6.07, 6.45) is 4.36. The maximum Gasteiger partial charge on any atom is 0.317 e. The van der Waals surface area contributed by atoms with E-state index in [-0.39, 0.29) is 12.1 Å². The van der Waals surface area contributed by atoms with Gasteiger partial charge in [0.15, 0.2) is 0 Å². The van der Waals surface area contributed by atoms with Crippen molar-refractivity contribution in [3.05, 3.63) is 65.7 Å². The number of hydrogen-bond donors (Lipinski definition) is 1. The normalized spacial score (nSPS) is 18.9. The molecule has 5 nitrogen and oxygen atoms in total. The lowest BCUT2D eigenvalue weighted by molar-refractivity contribution is 0.107. The van der Waals surface area contributed by atoms with Gasteiger partial charge in [0.2, 0.25) is 0 Å². The summed E-state index contributed by atoms with van der Waals surface area (Å²) < 4.78 is 6.30. The van der Waals surface area contributed by atoms with Crippen molar-refractivity contribution in [2.24, 2.45) is 0 Å². The standard InChI is InChI=1S/C24H31N3O2/c28-24-25-14-6-16-27(24)17-7-15-26(18-20-8-2-1-3-9-20)19-22-13-12-21-10-4-5-11-23(21)29-22/h1-5,8-11,22H,6-7,12-19H2,(H,25,28). The number of para-hydroxylation sites is 1. The van der Waals surface area contributed by atoms with Gasteiger partial charge in [-0.3, -0.25) is 4.90 Å². The van der Waals surface area contributed by atoms with Crippen LogP contribution in [0.15, 0.2) is 54.6 Å². The van der Waals surface area contributed by atoms with Crippen LogP contribution in [0.4, 0.5) is 4.79 Å². The minimum absolute atomic E-state index is 0.0816. The Bertz CT molecular complexity index is 796. The quantitative estimate of drug-likeness (QED) is 0.744. The number of nitrogens with one attached hydrogen (secondary N) is 1. The Morgan fingerprint density at radius 1 is 1.10 bits per heavy atom. The summed E-state index contributed by atoms with van der Waals surface area (Å²) in [5.74, 6) is 1.04. The average Bonchev–Trinajstić information content (AvgIpc) is 2.76. The van der Waals surface area contributed by atoms with Gasteiger partial charge in [-0.15, -0.1) is 0 Å². The fraction of sp³-hybridized carbons (Fsp3) is 0.458. The van der Waals surface area contributed by atoms with Crippen LogP contribution in [0.5, 0.6) is 5.75 Å². The molecule has 0 spiro atoms. The van der Waals surface area contributed by atoms with Gasteiger partial charge < -0.3 is 15.0 Å². The number of nitrogens with zero attached hydrogens (tertiary/aromatic N) is 2. The lowest BCUT2D eigenvalue weighted by atomic mass is 10.0. The molecule has 2 aromatic carbocycles. The SMILES string of the molecule is O=C1NCCCN1CCCN(Cc1ccccc1)CC1CCc2ccccc2O1. The van der Waals surface area contributed by atoms with Crippen LogP contribution in [0, 0.1) is 0 Å². The maximum absolute atomic E-state index is 12.0. The highest BCUT2D eigenvalue weighted by Gasteiger charge is 2.23. The van der Waals surface area contributed by atoms with E-state index in [2.05, 4.69) is 58.7 Å². The molecule has 1 fully saturated rings. The third-order valence-electron chi connectivity index (χ3n) is 5.78. The van der Waals surface area contributed by atoms with Crippen molar-refractivity contribution in [3.8, 4) is 5.75 Å². The molecular weight excluding hydrogens is 362 g/mol. The van der Waals surface area contributed by atoms with Crippen molar-refractivity contribution in [2.45, 2.75) is 38.3 Å². The number of benzene rings is 2. The van der Waals surface area contributed by atoms with Crippen LogP contribution in [0.1, 0.15) is 30.4 Å². The van der Waals surface area contributed by atoms with E-state index in [1.54, 1.807) is 0 Å². The first-order valence-electron chi connectivity index (χ1n) is 10.8. The van der Waals surface area contributed by atoms with Gasteiger partial charge in [0, 0.05) is 39.3 Å². The first-order chi connectivity index (χ1) is 14.3. The van der Waals surface area contributed by atoms with Crippen molar-refractivity contribution < 1.29 is 9.53 Å². The number of ether oxygens (including phenoxy) is 1. The molecule has 1 unspecified atom stereocenters. The molecule has 5 heteroatoms. The van der Waals surface area contributed by atoms with Gasteiger partial charge in [-0.1, -0.05) is 48.5 Å². The Balaban J connectivity index is 1.35. The zero-order chi connectivity index (χ0) is 19.9. The molecule has 1 N–H and O–H groups in total. The van der Waals surface area contributed by atoms with Gasteiger partial charge in [-0.2, -0.15) is 0 Å². The lowest BCUT2D eigenvalue weighted by Crippen LogP contribution is -2.47. The second kappa shape index (κ2) is 9.79.